The molecule has 0 aliphatic heterocycles. The molecule has 0 nitrogen and oxygen atoms in total. The first-order chi connectivity index (χ1) is 9.43. The molecule has 0 bridgehead atoms. The third-order valence-electron chi connectivity index (χ3n) is 3.38. The van der Waals surface area contributed by atoms with E-state index in [0.29, 0.717) is 15.0 Å². The van der Waals surface area contributed by atoms with Crippen molar-refractivity contribution in [2.45, 2.75) is 65.6 Å². The van der Waals surface area contributed by atoms with Gasteiger partial charge in [-0.05, 0) is 0 Å². The van der Waals surface area contributed by atoms with Gasteiger partial charge in [-0.25, -0.2) is 0 Å². The van der Waals surface area contributed by atoms with E-state index < -0.39 is 8.07 Å². The molecule has 0 saturated heterocycles. The van der Waals surface area contributed by atoms with Crippen LogP contribution in [-0.4, -0.2) is 23.0 Å². The summed E-state index contributed by atoms with van der Waals surface area (Å²) in [6.07, 6.45) is 9.35. The molecular formula is C18H30SeSi. The van der Waals surface area contributed by atoms with Crippen LogP contribution >= 0.6 is 0 Å². The first kappa shape index (κ1) is 17.7. The van der Waals surface area contributed by atoms with Crippen molar-refractivity contribution in [3.63, 3.8) is 0 Å². The molecule has 0 aliphatic rings. The summed E-state index contributed by atoms with van der Waals surface area (Å²) in [6, 6.07) is 9.14. The molecule has 0 radical (unpaired) electrons. The van der Waals surface area contributed by atoms with Gasteiger partial charge in [0.15, 0.2) is 0 Å². The van der Waals surface area contributed by atoms with Crippen LogP contribution in [0.3, 0.4) is 0 Å². The second-order valence-electron chi connectivity index (χ2n) is 6.58. The molecule has 0 N–H and O–H groups in total. The van der Waals surface area contributed by atoms with E-state index in [1.807, 2.05) is 0 Å². The zero-order valence-electron chi connectivity index (χ0n) is 13.8. The van der Waals surface area contributed by atoms with Crippen molar-refractivity contribution in [2.75, 3.05) is 0 Å². The summed E-state index contributed by atoms with van der Waals surface area (Å²) in [5, 5.41) is 0. The SMILES string of the molecule is CCCCCC/C=C(/[Se]c1ccc(C)cc1)[Si](C)(C)C. The Balaban J connectivity index is 2.65. The van der Waals surface area contributed by atoms with Crippen LogP contribution in [0.15, 0.2) is 34.4 Å². The molecule has 0 amide bonds. The summed E-state index contributed by atoms with van der Waals surface area (Å²) in [5.41, 5.74) is 1.36. The van der Waals surface area contributed by atoms with Gasteiger partial charge in [0, 0.05) is 0 Å². The van der Waals surface area contributed by atoms with Gasteiger partial charge in [0.25, 0.3) is 0 Å². The number of aryl methyl sites for hydroxylation is 1. The molecule has 1 aromatic rings. The average Bonchev–Trinajstić information content (AvgIpc) is 2.38. The van der Waals surface area contributed by atoms with Gasteiger partial charge in [-0.1, -0.05) is 0 Å². The Hall–Kier alpha value is -0.304. The zero-order valence-corrected chi connectivity index (χ0v) is 16.5. The number of hydrogen-bond donors (Lipinski definition) is 0. The summed E-state index contributed by atoms with van der Waals surface area (Å²) in [5.74, 6) is 0. The first-order valence-corrected chi connectivity index (χ1v) is 13.1. The fourth-order valence-corrected chi connectivity index (χ4v) is 7.17. The van der Waals surface area contributed by atoms with Crippen molar-refractivity contribution in [1.82, 2.24) is 0 Å². The van der Waals surface area contributed by atoms with Crippen LogP contribution in [0.2, 0.25) is 19.6 Å². The van der Waals surface area contributed by atoms with Crippen molar-refractivity contribution < 1.29 is 0 Å². The van der Waals surface area contributed by atoms with E-state index >= 15 is 0 Å². The Kier molecular flexibility index (Phi) is 7.87. The predicted molar refractivity (Wildman–Crippen MR) is 96.8 cm³/mol. The van der Waals surface area contributed by atoms with Crippen LogP contribution in [0.4, 0.5) is 0 Å². The van der Waals surface area contributed by atoms with Crippen molar-refractivity contribution >= 4 is 27.5 Å². The normalized spacial score (nSPS) is 12.8. The Labute approximate surface area is 133 Å². The summed E-state index contributed by atoms with van der Waals surface area (Å²) >= 11 is 0.531. The van der Waals surface area contributed by atoms with Crippen molar-refractivity contribution in [3.05, 3.63) is 40.0 Å². The third kappa shape index (κ3) is 6.92. The van der Waals surface area contributed by atoms with Crippen LogP contribution in [-0.2, 0) is 0 Å². The van der Waals surface area contributed by atoms with E-state index in [4.69, 9.17) is 0 Å². The number of hydrogen-bond acceptors (Lipinski definition) is 0. The fraction of sp³-hybridized carbons (Fsp3) is 0.556. The van der Waals surface area contributed by atoms with E-state index in [0.717, 1.165) is 0 Å². The monoisotopic (exact) mass is 354 g/mol. The molecule has 20 heavy (non-hydrogen) atoms. The molecule has 0 aromatic heterocycles. The summed E-state index contributed by atoms with van der Waals surface area (Å²) in [7, 11) is -1.16. The first-order valence-electron chi connectivity index (χ1n) is 7.88. The summed E-state index contributed by atoms with van der Waals surface area (Å²) < 4.78 is 3.32. The van der Waals surface area contributed by atoms with Crippen molar-refractivity contribution in [3.8, 4) is 0 Å². The van der Waals surface area contributed by atoms with Gasteiger partial charge in [0.2, 0.25) is 0 Å². The molecule has 0 heterocycles. The number of unbranched alkanes of at least 4 members (excludes halogenated alkanes) is 4. The molecule has 112 valence electrons. The van der Waals surface area contributed by atoms with E-state index in [1.54, 1.807) is 4.09 Å². The second-order valence-corrected chi connectivity index (χ2v) is 14.8. The Bertz CT molecular complexity index is 412. The molecule has 0 fully saturated rings. The van der Waals surface area contributed by atoms with E-state index in [9.17, 15) is 0 Å². The minimum atomic E-state index is -1.16. The molecule has 0 aliphatic carbocycles. The van der Waals surface area contributed by atoms with Gasteiger partial charge in [0.1, 0.15) is 0 Å². The number of rotatable bonds is 8. The van der Waals surface area contributed by atoms with E-state index in [-0.39, 0.29) is 0 Å². The van der Waals surface area contributed by atoms with Gasteiger partial charge >= 0.3 is 133 Å². The van der Waals surface area contributed by atoms with Crippen LogP contribution < -0.4 is 4.46 Å². The Morgan fingerprint density at radius 1 is 1.05 bits per heavy atom. The van der Waals surface area contributed by atoms with Gasteiger partial charge in [-0.3, -0.25) is 0 Å². The maximum atomic E-state index is 2.59. The molecule has 0 spiro atoms. The quantitative estimate of drug-likeness (QED) is 0.453. The molecule has 0 unspecified atom stereocenters. The Morgan fingerprint density at radius 2 is 1.70 bits per heavy atom. The summed E-state index contributed by atoms with van der Waals surface area (Å²) in [4.78, 5) is 0. The average molecular weight is 353 g/mol. The van der Waals surface area contributed by atoms with E-state index in [2.05, 4.69) is 63.8 Å². The predicted octanol–water partition coefficient (Wildman–Crippen LogP) is 5.06. The molecule has 1 rings (SSSR count). The summed E-state index contributed by atoms with van der Waals surface area (Å²) in [6.45, 7) is 11.9. The Morgan fingerprint density at radius 3 is 2.25 bits per heavy atom. The van der Waals surface area contributed by atoms with Crippen molar-refractivity contribution in [1.29, 1.82) is 0 Å². The number of allylic oxidation sites excluding steroid dienone is 1. The maximum absolute atomic E-state index is 2.59. The van der Waals surface area contributed by atoms with Crippen LogP contribution in [0.5, 0.6) is 0 Å². The second kappa shape index (κ2) is 8.87. The molecule has 1 aromatic carbocycles. The van der Waals surface area contributed by atoms with Gasteiger partial charge < -0.3 is 0 Å². The van der Waals surface area contributed by atoms with Gasteiger partial charge in [-0.2, -0.15) is 0 Å². The third-order valence-corrected chi connectivity index (χ3v) is 11.3. The number of benzene rings is 1. The van der Waals surface area contributed by atoms with Crippen molar-refractivity contribution in [2.24, 2.45) is 0 Å². The molecule has 2 heteroatoms. The van der Waals surface area contributed by atoms with Gasteiger partial charge in [-0.15, -0.1) is 0 Å². The minimum absolute atomic E-state index is 0.531. The van der Waals surface area contributed by atoms with Gasteiger partial charge in [0.05, 0.1) is 0 Å². The fourth-order valence-electron chi connectivity index (χ4n) is 2.04. The topological polar surface area (TPSA) is 0 Å². The molecular weight excluding hydrogens is 323 g/mol. The van der Waals surface area contributed by atoms with Crippen LogP contribution in [0, 0.1) is 6.92 Å². The standard InChI is InChI=1S/C18H30SeSi/c1-6-7-8-9-10-11-18(20(3,4)5)19-17-14-12-16(2)13-15-17/h11-15H,6-10H2,1-5H3/b18-11-. The molecule has 0 atom stereocenters. The van der Waals surface area contributed by atoms with Crippen LogP contribution in [0.1, 0.15) is 44.6 Å². The zero-order chi connectivity index (χ0) is 15.0. The van der Waals surface area contributed by atoms with Crippen LogP contribution in [0.25, 0.3) is 0 Å². The van der Waals surface area contributed by atoms with E-state index in [1.165, 1.54) is 42.1 Å². The molecule has 0 saturated carbocycles.